The van der Waals surface area contributed by atoms with E-state index in [1.54, 1.807) is 0 Å². The van der Waals surface area contributed by atoms with Crippen molar-refractivity contribution >= 4 is 16.0 Å². The summed E-state index contributed by atoms with van der Waals surface area (Å²) in [7, 11) is -0.339. The SMILES string of the molecule is CC(=O)C1CCCN(S(=O)(=O)N(C)C)C1. The number of carbonyl (C=O) groups excluding carboxylic acids is 1. The van der Waals surface area contributed by atoms with Crippen molar-refractivity contribution in [2.24, 2.45) is 5.92 Å². The summed E-state index contributed by atoms with van der Waals surface area (Å²) in [4.78, 5) is 11.2. The van der Waals surface area contributed by atoms with E-state index in [1.807, 2.05) is 0 Å². The highest BCUT2D eigenvalue weighted by Gasteiger charge is 2.31. The molecule has 5 nitrogen and oxygen atoms in total. The Morgan fingerprint density at radius 3 is 2.47 bits per heavy atom. The smallest absolute Gasteiger partial charge is 0.281 e. The molecule has 1 rings (SSSR count). The van der Waals surface area contributed by atoms with Crippen LogP contribution in [0.15, 0.2) is 0 Å². The molecule has 15 heavy (non-hydrogen) atoms. The minimum Gasteiger partial charge on any atom is -0.300 e. The third-order valence-electron chi connectivity index (χ3n) is 2.75. The summed E-state index contributed by atoms with van der Waals surface area (Å²) in [6, 6.07) is 0. The highest BCUT2D eigenvalue weighted by Crippen LogP contribution is 2.20. The number of hydrogen-bond acceptors (Lipinski definition) is 3. The molecule has 1 fully saturated rings. The molecule has 0 spiro atoms. The van der Waals surface area contributed by atoms with Gasteiger partial charge in [-0.3, -0.25) is 4.79 Å². The third kappa shape index (κ3) is 2.76. The highest BCUT2D eigenvalue weighted by molar-refractivity contribution is 7.86. The van der Waals surface area contributed by atoms with Crippen LogP contribution in [0.25, 0.3) is 0 Å². The van der Waals surface area contributed by atoms with Gasteiger partial charge >= 0.3 is 0 Å². The first-order valence-corrected chi connectivity index (χ1v) is 6.43. The van der Waals surface area contributed by atoms with E-state index in [4.69, 9.17) is 0 Å². The van der Waals surface area contributed by atoms with E-state index in [-0.39, 0.29) is 11.7 Å². The predicted molar refractivity (Wildman–Crippen MR) is 57.6 cm³/mol. The van der Waals surface area contributed by atoms with Crippen molar-refractivity contribution in [1.29, 1.82) is 0 Å². The lowest BCUT2D eigenvalue weighted by Gasteiger charge is -2.32. The van der Waals surface area contributed by atoms with E-state index in [0.717, 1.165) is 12.8 Å². The largest absolute Gasteiger partial charge is 0.300 e. The van der Waals surface area contributed by atoms with Gasteiger partial charge in [-0.15, -0.1) is 0 Å². The summed E-state index contributed by atoms with van der Waals surface area (Å²) >= 11 is 0. The van der Waals surface area contributed by atoms with E-state index >= 15 is 0 Å². The van der Waals surface area contributed by atoms with Crippen LogP contribution in [0.2, 0.25) is 0 Å². The first-order valence-electron chi connectivity index (χ1n) is 5.03. The molecular formula is C9H18N2O3S. The molecule has 0 N–H and O–H groups in total. The van der Waals surface area contributed by atoms with E-state index in [2.05, 4.69) is 0 Å². The molecule has 0 aromatic rings. The average Bonchev–Trinajstić information content (AvgIpc) is 2.17. The lowest BCUT2D eigenvalue weighted by molar-refractivity contribution is -0.121. The zero-order valence-electron chi connectivity index (χ0n) is 9.43. The van der Waals surface area contributed by atoms with Crippen LogP contribution < -0.4 is 0 Å². The second kappa shape index (κ2) is 4.59. The molecular weight excluding hydrogens is 216 g/mol. The summed E-state index contributed by atoms with van der Waals surface area (Å²) < 4.78 is 26.2. The molecule has 1 atom stereocenters. The summed E-state index contributed by atoms with van der Waals surface area (Å²) in [6.45, 7) is 2.37. The second-order valence-electron chi connectivity index (χ2n) is 4.10. The van der Waals surface area contributed by atoms with Crippen LogP contribution in [0, 0.1) is 5.92 Å². The Morgan fingerprint density at radius 1 is 1.40 bits per heavy atom. The zero-order chi connectivity index (χ0) is 11.6. The molecule has 1 saturated heterocycles. The molecule has 88 valence electrons. The minimum absolute atomic E-state index is 0.0775. The van der Waals surface area contributed by atoms with Crippen molar-refractivity contribution < 1.29 is 13.2 Å². The topological polar surface area (TPSA) is 57.7 Å². The Labute approximate surface area is 91.2 Å². The van der Waals surface area contributed by atoms with Crippen LogP contribution in [0.4, 0.5) is 0 Å². The Hall–Kier alpha value is -0.460. The molecule has 0 aromatic carbocycles. The maximum absolute atomic E-state index is 11.8. The van der Waals surface area contributed by atoms with Gasteiger partial charge in [-0.2, -0.15) is 17.0 Å². The Morgan fingerprint density at radius 2 is 2.00 bits per heavy atom. The van der Waals surface area contributed by atoms with Crippen molar-refractivity contribution in [2.45, 2.75) is 19.8 Å². The maximum atomic E-state index is 11.8. The number of ketones is 1. The summed E-state index contributed by atoms with van der Waals surface area (Å²) in [6.07, 6.45) is 1.56. The van der Waals surface area contributed by atoms with Crippen molar-refractivity contribution in [3.63, 3.8) is 0 Å². The van der Waals surface area contributed by atoms with Crippen LogP contribution in [-0.2, 0) is 15.0 Å². The molecule has 0 saturated carbocycles. The minimum atomic E-state index is -3.35. The van der Waals surface area contributed by atoms with Crippen molar-refractivity contribution in [2.75, 3.05) is 27.2 Å². The number of carbonyl (C=O) groups is 1. The molecule has 0 aliphatic carbocycles. The number of nitrogens with zero attached hydrogens (tertiary/aromatic N) is 2. The van der Waals surface area contributed by atoms with Crippen LogP contribution in [0.1, 0.15) is 19.8 Å². The van der Waals surface area contributed by atoms with Gasteiger partial charge < -0.3 is 0 Å². The fraction of sp³-hybridized carbons (Fsp3) is 0.889. The third-order valence-corrected chi connectivity index (χ3v) is 4.65. The molecule has 0 aromatic heterocycles. The molecule has 6 heteroatoms. The summed E-state index contributed by atoms with van der Waals surface area (Å²) in [5.41, 5.74) is 0. The van der Waals surface area contributed by atoms with Gasteiger partial charge in [-0.05, 0) is 19.8 Å². The fourth-order valence-corrected chi connectivity index (χ4v) is 2.90. The van der Waals surface area contributed by atoms with Gasteiger partial charge in [0.2, 0.25) is 0 Å². The van der Waals surface area contributed by atoms with E-state index in [0.29, 0.717) is 13.1 Å². The standard InChI is InChI=1S/C9H18N2O3S/c1-8(12)9-5-4-6-11(7-9)15(13,14)10(2)3/h9H,4-7H2,1-3H3. The Kier molecular flexibility index (Phi) is 3.86. The van der Waals surface area contributed by atoms with Crippen molar-refractivity contribution in [3.8, 4) is 0 Å². The fourth-order valence-electron chi connectivity index (χ4n) is 1.71. The normalized spacial score (nSPS) is 24.4. The molecule has 1 aliphatic rings. The molecule has 0 bridgehead atoms. The average molecular weight is 234 g/mol. The summed E-state index contributed by atoms with van der Waals surface area (Å²) in [5.74, 6) is -0.0536. The first-order chi connectivity index (χ1) is 6.85. The van der Waals surface area contributed by atoms with Crippen molar-refractivity contribution in [3.05, 3.63) is 0 Å². The Bertz CT molecular complexity index is 337. The quantitative estimate of drug-likeness (QED) is 0.695. The lowest BCUT2D eigenvalue weighted by Crippen LogP contribution is -2.46. The van der Waals surface area contributed by atoms with Crippen molar-refractivity contribution in [1.82, 2.24) is 8.61 Å². The molecule has 1 heterocycles. The number of Topliss-reactive ketones (excluding diaryl/α,β-unsaturated/α-hetero) is 1. The number of rotatable bonds is 3. The van der Waals surface area contributed by atoms with E-state index in [9.17, 15) is 13.2 Å². The monoisotopic (exact) mass is 234 g/mol. The lowest BCUT2D eigenvalue weighted by atomic mass is 9.96. The van der Waals surface area contributed by atoms with E-state index in [1.165, 1.54) is 29.6 Å². The van der Waals surface area contributed by atoms with Gasteiger partial charge in [-0.25, -0.2) is 0 Å². The second-order valence-corrected chi connectivity index (χ2v) is 6.24. The molecule has 1 aliphatic heterocycles. The van der Waals surface area contributed by atoms with Gasteiger partial charge in [0.25, 0.3) is 10.2 Å². The number of hydrogen-bond donors (Lipinski definition) is 0. The maximum Gasteiger partial charge on any atom is 0.281 e. The predicted octanol–water partition coefficient (Wildman–Crippen LogP) is 0.0938. The molecule has 0 amide bonds. The summed E-state index contributed by atoms with van der Waals surface area (Å²) in [5, 5.41) is 0. The molecule has 1 unspecified atom stereocenters. The number of piperidine rings is 1. The van der Waals surface area contributed by atoms with Crippen LogP contribution in [0.5, 0.6) is 0 Å². The first kappa shape index (κ1) is 12.6. The van der Waals surface area contributed by atoms with E-state index < -0.39 is 10.2 Å². The zero-order valence-corrected chi connectivity index (χ0v) is 10.2. The van der Waals surface area contributed by atoms with Crippen LogP contribution >= 0.6 is 0 Å². The van der Waals surface area contributed by atoms with Gasteiger partial charge in [0.05, 0.1) is 0 Å². The molecule has 0 radical (unpaired) electrons. The van der Waals surface area contributed by atoms with Crippen LogP contribution in [0.3, 0.4) is 0 Å². The van der Waals surface area contributed by atoms with Crippen LogP contribution in [-0.4, -0.2) is 50.0 Å². The van der Waals surface area contributed by atoms with Gasteiger partial charge in [0.15, 0.2) is 0 Å². The highest BCUT2D eigenvalue weighted by atomic mass is 32.2. The Balaban J connectivity index is 2.77. The van der Waals surface area contributed by atoms with Gasteiger partial charge in [0.1, 0.15) is 5.78 Å². The van der Waals surface area contributed by atoms with Gasteiger partial charge in [0, 0.05) is 33.1 Å². The van der Waals surface area contributed by atoms with Gasteiger partial charge in [-0.1, -0.05) is 0 Å².